The predicted octanol–water partition coefficient (Wildman–Crippen LogP) is 3.10. The van der Waals surface area contributed by atoms with Crippen molar-refractivity contribution in [2.75, 3.05) is 20.3 Å². The SMILES string of the molecule is CCOC(=O)C1=C(C)NC(=O)N[C@@H]1c1ccc(OCC(=O)N/N=C/c2cc(Br)ccc2OC(C)=O)c(OC)c1. The number of hydrogen-bond acceptors (Lipinski definition) is 9. The molecule has 39 heavy (non-hydrogen) atoms. The molecule has 206 valence electrons. The molecule has 12 nitrogen and oxygen atoms in total. The van der Waals surface area contributed by atoms with Gasteiger partial charge in [-0.05, 0) is 49.7 Å². The molecule has 0 aliphatic carbocycles. The Kier molecular flexibility index (Phi) is 10.0. The number of hydrazone groups is 1. The van der Waals surface area contributed by atoms with Crippen molar-refractivity contribution in [2.45, 2.75) is 26.8 Å². The Morgan fingerprint density at radius 1 is 1.13 bits per heavy atom. The molecule has 1 atom stereocenters. The zero-order chi connectivity index (χ0) is 28.5. The largest absolute Gasteiger partial charge is 0.493 e. The van der Waals surface area contributed by atoms with Gasteiger partial charge in [0, 0.05) is 22.7 Å². The van der Waals surface area contributed by atoms with E-state index < -0.39 is 29.9 Å². The first kappa shape index (κ1) is 29.2. The van der Waals surface area contributed by atoms with Crippen molar-refractivity contribution in [1.29, 1.82) is 0 Å². The molecule has 2 aromatic rings. The molecule has 1 heterocycles. The van der Waals surface area contributed by atoms with Gasteiger partial charge in [-0.1, -0.05) is 22.0 Å². The number of carbonyl (C=O) groups excluding carboxylic acids is 4. The number of nitrogens with zero attached hydrogens (tertiary/aromatic N) is 1. The number of allylic oxidation sites excluding steroid dienone is 1. The lowest BCUT2D eigenvalue weighted by atomic mass is 9.95. The maximum absolute atomic E-state index is 12.5. The smallest absolute Gasteiger partial charge is 0.338 e. The van der Waals surface area contributed by atoms with Crippen LogP contribution in [-0.2, 0) is 19.1 Å². The van der Waals surface area contributed by atoms with E-state index in [2.05, 4.69) is 37.1 Å². The van der Waals surface area contributed by atoms with Crippen molar-refractivity contribution in [3.63, 3.8) is 0 Å². The van der Waals surface area contributed by atoms with Crippen LogP contribution in [0.1, 0.15) is 37.9 Å². The Morgan fingerprint density at radius 2 is 1.87 bits per heavy atom. The van der Waals surface area contributed by atoms with Crippen molar-refractivity contribution in [2.24, 2.45) is 5.10 Å². The third-order valence-electron chi connectivity index (χ3n) is 5.26. The van der Waals surface area contributed by atoms with E-state index in [-0.39, 0.29) is 36.0 Å². The normalized spacial score (nSPS) is 14.8. The summed E-state index contributed by atoms with van der Waals surface area (Å²) >= 11 is 3.33. The van der Waals surface area contributed by atoms with E-state index in [0.29, 0.717) is 16.8 Å². The van der Waals surface area contributed by atoms with Crippen LogP contribution in [-0.4, -0.2) is 50.4 Å². The van der Waals surface area contributed by atoms with Crippen molar-refractivity contribution < 1.29 is 38.1 Å². The van der Waals surface area contributed by atoms with Crippen LogP contribution in [0, 0.1) is 0 Å². The van der Waals surface area contributed by atoms with Crippen molar-refractivity contribution in [3.8, 4) is 17.2 Å². The molecule has 2 aromatic carbocycles. The molecule has 0 unspecified atom stereocenters. The quantitative estimate of drug-likeness (QED) is 0.162. The van der Waals surface area contributed by atoms with Gasteiger partial charge in [-0.15, -0.1) is 0 Å². The molecule has 1 aliphatic rings. The number of methoxy groups -OCH3 is 1. The average molecular weight is 603 g/mol. The van der Waals surface area contributed by atoms with E-state index in [1.54, 1.807) is 50.2 Å². The third kappa shape index (κ3) is 7.80. The third-order valence-corrected chi connectivity index (χ3v) is 5.76. The fraction of sp³-hybridized carbons (Fsp3) is 0.269. The molecule has 0 saturated heterocycles. The van der Waals surface area contributed by atoms with Crippen LogP contribution < -0.4 is 30.3 Å². The first-order valence-corrected chi connectivity index (χ1v) is 12.5. The molecule has 0 bridgehead atoms. The molecule has 0 spiro atoms. The summed E-state index contributed by atoms with van der Waals surface area (Å²) in [6.07, 6.45) is 1.33. The van der Waals surface area contributed by atoms with Crippen LogP contribution in [0.5, 0.6) is 17.2 Å². The van der Waals surface area contributed by atoms with E-state index in [1.807, 2.05) is 0 Å². The summed E-state index contributed by atoms with van der Waals surface area (Å²) in [4.78, 5) is 48.2. The molecule has 3 rings (SSSR count). The molecular formula is C26H27BrN4O8. The first-order chi connectivity index (χ1) is 18.6. The Labute approximate surface area is 232 Å². The lowest BCUT2D eigenvalue weighted by Gasteiger charge is -2.28. The van der Waals surface area contributed by atoms with Gasteiger partial charge in [0.15, 0.2) is 18.1 Å². The monoisotopic (exact) mass is 602 g/mol. The summed E-state index contributed by atoms with van der Waals surface area (Å²) in [7, 11) is 1.42. The van der Waals surface area contributed by atoms with Crippen LogP contribution >= 0.6 is 15.9 Å². The van der Waals surface area contributed by atoms with Gasteiger partial charge in [0.1, 0.15) is 5.75 Å². The Morgan fingerprint density at radius 3 is 2.56 bits per heavy atom. The van der Waals surface area contributed by atoms with E-state index in [9.17, 15) is 19.2 Å². The summed E-state index contributed by atoms with van der Waals surface area (Å²) < 4.78 is 22.0. The Bertz CT molecular complexity index is 1340. The zero-order valence-corrected chi connectivity index (χ0v) is 23.2. The second-order valence-corrected chi connectivity index (χ2v) is 8.97. The number of benzene rings is 2. The zero-order valence-electron chi connectivity index (χ0n) is 21.6. The number of ether oxygens (including phenoxy) is 4. The lowest BCUT2D eigenvalue weighted by molar-refractivity contribution is -0.139. The molecule has 0 radical (unpaired) electrons. The van der Waals surface area contributed by atoms with Crippen molar-refractivity contribution >= 4 is 46.0 Å². The highest BCUT2D eigenvalue weighted by atomic mass is 79.9. The lowest BCUT2D eigenvalue weighted by Crippen LogP contribution is -2.45. The summed E-state index contributed by atoms with van der Waals surface area (Å²) in [5.74, 6) is -0.802. The highest BCUT2D eigenvalue weighted by molar-refractivity contribution is 9.10. The number of urea groups is 1. The summed E-state index contributed by atoms with van der Waals surface area (Å²) in [5.41, 5.74) is 3.98. The van der Waals surface area contributed by atoms with Crippen molar-refractivity contribution in [1.82, 2.24) is 16.1 Å². The molecule has 1 aliphatic heterocycles. The maximum Gasteiger partial charge on any atom is 0.338 e. The minimum absolute atomic E-state index is 0.175. The van der Waals surface area contributed by atoms with Crippen LogP contribution in [0.3, 0.4) is 0 Å². The standard InChI is InChI=1S/C26H27BrN4O8/c1-5-37-25(34)23-14(2)29-26(35)30-24(23)16-6-8-20(21(11-16)36-4)38-13-22(33)31-28-12-17-10-18(27)7-9-19(17)39-15(3)32/h6-12,24H,5,13H2,1-4H3,(H,31,33)(H2,29,30,35)/b28-12+/t24-/m1/s1. The van der Waals surface area contributed by atoms with Crippen LogP contribution in [0.2, 0.25) is 0 Å². The van der Waals surface area contributed by atoms with E-state index >= 15 is 0 Å². The van der Waals surface area contributed by atoms with E-state index in [4.69, 9.17) is 18.9 Å². The minimum atomic E-state index is -0.784. The second-order valence-electron chi connectivity index (χ2n) is 8.06. The van der Waals surface area contributed by atoms with Gasteiger partial charge < -0.3 is 29.6 Å². The number of hydrogen-bond donors (Lipinski definition) is 3. The van der Waals surface area contributed by atoms with Gasteiger partial charge in [0.2, 0.25) is 0 Å². The average Bonchev–Trinajstić information content (AvgIpc) is 2.88. The van der Waals surface area contributed by atoms with Crippen LogP contribution in [0.15, 0.2) is 57.2 Å². The predicted molar refractivity (Wildman–Crippen MR) is 143 cm³/mol. The topological polar surface area (TPSA) is 154 Å². The maximum atomic E-state index is 12.5. The second kappa shape index (κ2) is 13.4. The summed E-state index contributed by atoms with van der Waals surface area (Å²) in [6, 6.07) is 8.51. The van der Waals surface area contributed by atoms with Crippen LogP contribution in [0.4, 0.5) is 4.79 Å². The van der Waals surface area contributed by atoms with E-state index in [1.165, 1.54) is 20.2 Å². The molecule has 0 aromatic heterocycles. The molecular weight excluding hydrogens is 576 g/mol. The Hall–Kier alpha value is -4.39. The number of carbonyl (C=O) groups is 4. The highest BCUT2D eigenvalue weighted by Crippen LogP contribution is 2.34. The first-order valence-electron chi connectivity index (χ1n) is 11.7. The van der Waals surface area contributed by atoms with Crippen molar-refractivity contribution in [3.05, 3.63) is 63.3 Å². The van der Waals surface area contributed by atoms with Gasteiger partial charge in [-0.2, -0.15) is 5.10 Å². The fourth-order valence-corrected chi connectivity index (χ4v) is 4.00. The number of esters is 2. The molecule has 0 fully saturated rings. The number of rotatable bonds is 10. The number of halogens is 1. The van der Waals surface area contributed by atoms with E-state index in [0.717, 1.165) is 4.47 Å². The fourth-order valence-electron chi connectivity index (χ4n) is 3.62. The molecule has 0 saturated carbocycles. The summed E-state index contributed by atoms with van der Waals surface area (Å²) in [5, 5.41) is 9.18. The molecule has 3 amide bonds. The molecule has 13 heteroatoms. The summed E-state index contributed by atoms with van der Waals surface area (Å²) in [6.45, 7) is 4.37. The van der Waals surface area contributed by atoms with Gasteiger partial charge in [0.05, 0.1) is 31.5 Å². The highest BCUT2D eigenvalue weighted by Gasteiger charge is 2.32. The number of nitrogens with one attached hydrogen (secondary N) is 3. The van der Waals surface area contributed by atoms with Gasteiger partial charge >= 0.3 is 18.0 Å². The van der Waals surface area contributed by atoms with Gasteiger partial charge in [0.25, 0.3) is 5.91 Å². The minimum Gasteiger partial charge on any atom is -0.493 e. The van der Waals surface area contributed by atoms with Crippen LogP contribution in [0.25, 0.3) is 0 Å². The van der Waals surface area contributed by atoms with Gasteiger partial charge in [-0.25, -0.2) is 15.0 Å². The van der Waals surface area contributed by atoms with Gasteiger partial charge in [-0.3, -0.25) is 9.59 Å². The number of amides is 3. The Balaban J connectivity index is 1.69. The molecule has 3 N–H and O–H groups in total.